The van der Waals surface area contributed by atoms with Gasteiger partial charge in [0.1, 0.15) is 0 Å². The topological polar surface area (TPSA) is 25.9 Å². The third-order valence-electron chi connectivity index (χ3n) is 4.63. The molecule has 0 saturated carbocycles. The Morgan fingerprint density at radius 2 is 1.71 bits per heavy atom. The Labute approximate surface area is 143 Å². The molecule has 124 valence electrons. The van der Waals surface area contributed by atoms with Crippen molar-refractivity contribution in [2.24, 2.45) is 7.05 Å². The first-order valence-electron chi connectivity index (χ1n) is 8.76. The first-order valence-corrected chi connectivity index (χ1v) is 8.76. The molecular weight excluding hydrogens is 296 g/mol. The zero-order valence-corrected chi connectivity index (χ0v) is 14.5. The van der Waals surface area contributed by atoms with Gasteiger partial charge >= 0.3 is 0 Å². The first kappa shape index (κ1) is 16.4. The minimum absolute atomic E-state index is 0.161. The lowest BCUT2D eigenvalue weighted by Crippen LogP contribution is -2.33. The van der Waals surface area contributed by atoms with Crippen LogP contribution >= 0.6 is 0 Å². The van der Waals surface area contributed by atoms with E-state index < -0.39 is 0 Å². The summed E-state index contributed by atoms with van der Waals surface area (Å²) < 4.78 is 4.43. The molecule has 1 heterocycles. The lowest BCUT2D eigenvalue weighted by Gasteiger charge is -2.04. The molecule has 3 aromatic rings. The second kappa shape index (κ2) is 7.43. The summed E-state index contributed by atoms with van der Waals surface area (Å²) in [6.45, 7) is 2.61. The van der Waals surface area contributed by atoms with Crippen LogP contribution in [0.3, 0.4) is 0 Å². The summed E-state index contributed by atoms with van der Waals surface area (Å²) in [5.41, 5.74) is 3.10. The monoisotopic (exact) mass is 321 g/mol. The quantitative estimate of drug-likeness (QED) is 0.366. The van der Waals surface area contributed by atoms with Crippen molar-refractivity contribution in [3.8, 4) is 0 Å². The van der Waals surface area contributed by atoms with Crippen molar-refractivity contribution in [2.75, 3.05) is 0 Å². The highest BCUT2D eigenvalue weighted by molar-refractivity contribution is 5.96. The van der Waals surface area contributed by atoms with Gasteiger partial charge in [0, 0.05) is 12.0 Å². The fourth-order valence-corrected chi connectivity index (χ4v) is 3.31. The number of benzene rings is 2. The van der Waals surface area contributed by atoms with Crippen LogP contribution in [0.2, 0.25) is 0 Å². The minimum atomic E-state index is 0.161. The predicted octanol–water partition coefficient (Wildman–Crippen LogP) is 4.08. The van der Waals surface area contributed by atoms with E-state index in [4.69, 9.17) is 0 Å². The standard InChI is InChI=1S/C21H25N2O/c1-3-4-6-15-21-22(2)18-13-9-10-14-19(18)23(21)16-20(24)17-11-7-5-8-12-17/h5,7-14H,3-4,6,15-16H2,1-2H3/q+1. The number of rotatable bonds is 7. The minimum Gasteiger partial charge on any atom is -0.290 e. The molecule has 0 aliphatic rings. The fraction of sp³-hybridized carbons (Fsp3) is 0.333. The highest BCUT2D eigenvalue weighted by Crippen LogP contribution is 2.17. The van der Waals surface area contributed by atoms with Gasteiger partial charge in [-0.1, -0.05) is 62.2 Å². The molecule has 0 spiro atoms. The number of Topliss-reactive ketones (excluding diaryl/α,β-unsaturated/α-hetero) is 1. The number of ketones is 1. The Kier molecular flexibility index (Phi) is 5.09. The summed E-state index contributed by atoms with van der Waals surface area (Å²) in [5, 5.41) is 0. The molecule has 0 amide bonds. The van der Waals surface area contributed by atoms with Crippen LogP contribution in [0.1, 0.15) is 42.4 Å². The zero-order chi connectivity index (χ0) is 16.9. The van der Waals surface area contributed by atoms with Gasteiger partial charge in [0.2, 0.25) is 5.78 Å². The average Bonchev–Trinajstić information content (AvgIpc) is 2.89. The van der Waals surface area contributed by atoms with E-state index in [1.165, 1.54) is 24.2 Å². The number of carbonyl (C=O) groups excluding carboxylic acids is 1. The highest BCUT2D eigenvalue weighted by atomic mass is 16.1. The summed E-state index contributed by atoms with van der Waals surface area (Å²) in [4.78, 5) is 12.7. The van der Waals surface area contributed by atoms with Gasteiger partial charge in [-0.15, -0.1) is 0 Å². The van der Waals surface area contributed by atoms with E-state index in [9.17, 15) is 4.79 Å². The molecule has 0 bridgehead atoms. The second-order valence-corrected chi connectivity index (χ2v) is 6.30. The van der Waals surface area contributed by atoms with Gasteiger partial charge in [0.05, 0.1) is 7.05 Å². The Balaban J connectivity index is 1.98. The molecule has 0 fully saturated rings. The van der Waals surface area contributed by atoms with E-state index in [1.807, 2.05) is 36.4 Å². The van der Waals surface area contributed by atoms with Gasteiger partial charge in [-0.2, -0.15) is 0 Å². The van der Waals surface area contributed by atoms with Crippen LogP contribution in [-0.2, 0) is 20.0 Å². The smallest absolute Gasteiger partial charge is 0.257 e. The van der Waals surface area contributed by atoms with Crippen LogP contribution in [0, 0.1) is 0 Å². The maximum atomic E-state index is 12.7. The lowest BCUT2D eigenvalue weighted by molar-refractivity contribution is -0.654. The summed E-state index contributed by atoms with van der Waals surface area (Å²) in [6.07, 6.45) is 4.57. The Morgan fingerprint density at radius 1 is 1.00 bits per heavy atom. The van der Waals surface area contributed by atoms with Crippen molar-refractivity contribution in [2.45, 2.75) is 39.2 Å². The molecule has 3 heteroatoms. The Morgan fingerprint density at radius 3 is 2.46 bits per heavy atom. The molecule has 2 aromatic carbocycles. The van der Waals surface area contributed by atoms with Crippen LogP contribution in [-0.4, -0.2) is 10.4 Å². The lowest BCUT2D eigenvalue weighted by atomic mass is 10.1. The third-order valence-corrected chi connectivity index (χ3v) is 4.63. The van der Waals surface area contributed by atoms with Crippen LogP contribution < -0.4 is 4.57 Å². The zero-order valence-electron chi connectivity index (χ0n) is 14.5. The summed E-state index contributed by atoms with van der Waals surface area (Å²) in [5.74, 6) is 1.39. The molecule has 0 saturated heterocycles. The Bertz CT molecular complexity index is 834. The van der Waals surface area contributed by atoms with Crippen molar-refractivity contribution in [3.63, 3.8) is 0 Å². The van der Waals surface area contributed by atoms with E-state index in [-0.39, 0.29) is 5.78 Å². The molecular formula is C21H25N2O+. The largest absolute Gasteiger partial charge is 0.290 e. The van der Waals surface area contributed by atoms with E-state index >= 15 is 0 Å². The highest BCUT2D eigenvalue weighted by Gasteiger charge is 2.24. The summed E-state index contributed by atoms with van der Waals surface area (Å²) in [6, 6.07) is 17.9. The number of nitrogens with zero attached hydrogens (tertiary/aromatic N) is 2. The average molecular weight is 321 g/mol. The van der Waals surface area contributed by atoms with Gasteiger partial charge in [0.15, 0.2) is 17.6 Å². The summed E-state index contributed by atoms with van der Waals surface area (Å²) in [7, 11) is 2.10. The number of carbonyl (C=O) groups is 1. The molecule has 0 aliphatic heterocycles. The van der Waals surface area contributed by atoms with Gasteiger partial charge < -0.3 is 0 Å². The predicted molar refractivity (Wildman–Crippen MR) is 97.1 cm³/mol. The molecule has 3 rings (SSSR count). The molecule has 24 heavy (non-hydrogen) atoms. The van der Waals surface area contributed by atoms with Crippen molar-refractivity contribution < 1.29 is 9.36 Å². The van der Waals surface area contributed by atoms with E-state index in [1.54, 1.807) is 0 Å². The van der Waals surface area contributed by atoms with Crippen molar-refractivity contribution >= 4 is 16.8 Å². The van der Waals surface area contributed by atoms with Crippen LogP contribution in [0.5, 0.6) is 0 Å². The van der Waals surface area contributed by atoms with E-state index in [0.717, 1.165) is 23.9 Å². The van der Waals surface area contributed by atoms with Gasteiger partial charge in [-0.3, -0.25) is 4.79 Å². The summed E-state index contributed by atoms with van der Waals surface area (Å²) >= 11 is 0. The SMILES string of the molecule is CCCCCc1n(CC(=O)c2ccccc2)c2ccccc2[n+]1C. The fourth-order valence-electron chi connectivity index (χ4n) is 3.31. The van der Waals surface area contributed by atoms with Crippen molar-refractivity contribution in [1.29, 1.82) is 0 Å². The normalized spacial score (nSPS) is 11.1. The van der Waals surface area contributed by atoms with Gasteiger partial charge in [-0.25, -0.2) is 9.13 Å². The molecule has 1 aromatic heterocycles. The van der Waals surface area contributed by atoms with Gasteiger partial charge in [0.25, 0.3) is 5.82 Å². The maximum absolute atomic E-state index is 12.7. The molecule has 3 nitrogen and oxygen atoms in total. The number of aromatic nitrogens is 2. The molecule has 0 unspecified atom stereocenters. The number of imidazole rings is 1. The number of para-hydroxylation sites is 2. The number of aryl methyl sites for hydroxylation is 1. The second-order valence-electron chi connectivity index (χ2n) is 6.30. The van der Waals surface area contributed by atoms with Crippen molar-refractivity contribution in [3.05, 3.63) is 66.0 Å². The first-order chi connectivity index (χ1) is 11.7. The van der Waals surface area contributed by atoms with Crippen LogP contribution in [0.25, 0.3) is 11.0 Å². The van der Waals surface area contributed by atoms with Crippen molar-refractivity contribution in [1.82, 2.24) is 4.57 Å². The van der Waals surface area contributed by atoms with E-state index in [0.29, 0.717) is 6.54 Å². The van der Waals surface area contributed by atoms with Crippen LogP contribution in [0.15, 0.2) is 54.6 Å². The number of fused-ring (bicyclic) bond motifs is 1. The Hall–Kier alpha value is -2.42. The molecule has 0 atom stereocenters. The number of unbranched alkanes of at least 4 members (excludes halogenated alkanes) is 2. The maximum Gasteiger partial charge on any atom is 0.257 e. The number of hydrogen-bond acceptors (Lipinski definition) is 1. The molecule has 0 aliphatic carbocycles. The van der Waals surface area contributed by atoms with Gasteiger partial charge in [-0.05, 0) is 18.6 Å². The molecule has 0 N–H and O–H groups in total. The number of hydrogen-bond donors (Lipinski definition) is 0. The van der Waals surface area contributed by atoms with E-state index in [2.05, 4.69) is 41.3 Å². The third kappa shape index (κ3) is 3.25. The van der Waals surface area contributed by atoms with Crippen LogP contribution in [0.4, 0.5) is 0 Å². The molecule has 0 radical (unpaired) electrons.